The number of phenolic OH excluding ortho intramolecular Hbond substituents is 1. The van der Waals surface area contributed by atoms with E-state index < -0.39 is 59.1 Å². The van der Waals surface area contributed by atoms with Gasteiger partial charge in [0.1, 0.15) is 11.5 Å². The number of aromatic hydroxyl groups is 1. The molecule has 7 nitrogen and oxygen atoms in total. The first-order valence-corrected chi connectivity index (χ1v) is 10.3. The van der Waals surface area contributed by atoms with Crippen LogP contribution in [0, 0.1) is 24.6 Å². The Labute approximate surface area is 174 Å². The number of benzene rings is 1. The summed E-state index contributed by atoms with van der Waals surface area (Å²) >= 11 is 0. The number of alkyl halides is 2. The number of nitrogens with zero attached hydrogens (tertiary/aromatic N) is 1. The van der Waals surface area contributed by atoms with Crippen molar-refractivity contribution < 1.29 is 23.4 Å². The molecule has 0 radical (unpaired) electrons. The van der Waals surface area contributed by atoms with Crippen LogP contribution in [0.25, 0.3) is 10.9 Å². The molecule has 2 heterocycles. The Morgan fingerprint density at radius 1 is 1.26 bits per heavy atom. The first-order chi connectivity index (χ1) is 14.6. The van der Waals surface area contributed by atoms with E-state index in [2.05, 4.69) is 10.3 Å². The number of nitrogens with one attached hydrogen (secondary N) is 2. The minimum Gasteiger partial charge on any atom is -0.504 e. The largest absolute Gasteiger partial charge is 0.504 e. The minimum atomic E-state index is -3.30. The summed E-state index contributed by atoms with van der Waals surface area (Å²) in [6.45, 7) is 1.58. The standard InChI is InChI=1S/C21H22F3N3O4/c1-8-12(15-10-3-2-6-21(23,24)18(29)11(10)7-25-15)14(22)17(28)13-16(8)27(9-4-5-9)20(31)26-19(13)30/h2-3,9-11,15,18,25,28-29H,4-7H2,1H3,(H,26,30,31). The maximum absolute atomic E-state index is 15.4. The van der Waals surface area contributed by atoms with Crippen molar-refractivity contribution in [1.82, 2.24) is 14.9 Å². The van der Waals surface area contributed by atoms with E-state index in [0.29, 0.717) is 12.8 Å². The fourth-order valence-electron chi connectivity index (χ4n) is 5.19. The van der Waals surface area contributed by atoms with Crippen molar-refractivity contribution in [2.24, 2.45) is 11.8 Å². The van der Waals surface area contributed by atoms with Gasteiger partial charge in [-0.3, -0.25) is 14.3 Å². The molecule has 1 aromatic heterocycles. The van der Waals surface area contributed by atoms with Gasteiger partial charge in [-0.25, -0.2) is 18.0 Å². The van der Waals surface area contributed by atoms with Gasteiger partial charge in [0.15, 0.2) is 11.6 Å². The summed E-state index contributed by atoms with van der Waals surface area (Å²) in [4.78, 5) is 27.0. The second-order valence-electron chi connectivity index (χ2n) is 8.75. The maximum Gasteiger partial charge on any atom is 0.329 e. The van der Waals surface area contributed by atoms with Gasteiger partial charge in [-0.15, -0.1) is 0 Å². The zero-order chi connectivity index (χ0) is 22.2. The third-order valence-corrected chi connectivity index (χ3v) is 6.85. The molecule has 1 saturated heterocycles. The highest BCUT2D eigenvalue weighted by atomic mass is 19.3. The number of aliphatic hydroxyl groups excluding tert-OH is 1. The number of rotatable bonds is 2. The van der Waals surface area contributed by atoms with Crippen LogP contribution < -0.4 is 16.6 Å². The fourth-order valence-corrected chi connectivity index (χ4v) is 5.19. The van der Waals surface area contributed by atoms with Crippen LogP contribution >= 0.6 is 0 Å². The van der Waals surface area contributed by atoms with Gasteiger partial charge in [0.05, 0.1) is 5.52 Å². The third-order valence-electron chi connectivity index (χ3n) is 6.85. The third kappa shape index (κ3) is 2.88. The van der Waals surface area contributed by atoms with Crippen molar-refractivity contribution in [3.63, 3.8) is 0 Å². The lowest BCUT2D eigenvalue weighted by Gasteiger charge is -2.28. The molecule has 2 aromatic rings. The normalized spacial score (nSPS) is 29.8. The average Bonchev–Trinajstić information content (AvgIpc) is 3.47. The van der Waals surface area contributed by atoms with Crippen LogP contribution in [0.5, 0.6) is 5.75 Å². The number of aromatic nitrogens is 2. The van der Waals surface area contributed by atoms with E-state index in [0.717, 1.165) is 0 Å². The van der Waals surface area contributed by atoms with E-state index in [-0.39, 0.29) is 34.6 Å². The number of allylic oxidation sites excluding steroid dienone is 1. The highest BCUT2D eigenvalue weighted by Crippen LogP contribution is 2.47. The van der Waals surface area contributed by atoms with E-state index >= 15 is 4.39 Å². The predicted octanol–water partition coefficient (Wildman–Crippen LogP) is 2.01. The van der Waals surface area contributed by atoms with Crippen LogP contribution in [-0.4, -0.2) is 38.3 Å². The molecule has 1 aliphatic heterocycles. The van der Waals surface area contributed by atoms with Crippen LogP contribution in [0.4, 0.5) is 13.2 Å². The molecular formula is C21H22F3N3O4. The van der Waals surface area contributed by atoms with E-state index in [1.807, 2.05) is 0 Å². The molecule has 166 valence electrons. The highest BCUT2D eigenvalue weighted by molar-refractivity contribution is 5.89. The minimum absolute atomic E-state index is 0.0129. The van der Waals surface area contributed by atoms with Crippen molar-refractivity contribution in [1.29, 1.82) is 0 Å². The van der Waals surface area contributed by atoms with Crippen LogP contribution in [0.2, 0.25) is 0 Å². The first kappa shape index (κ1) is 20.3. The number of hydrogen-bond acceptors (Lipinski definition) is 5. The molecule has 4 atom stereocenters. The number of H-pyrrole nitrogens is 1. The second kappa shape index (κ2) is 6.70. The predicted molar refractivity (Wildman–Crippen MR) is 106 cm³/mol. The van der Waals surface area contributed by atoms with E-state index in [9.17, 15) is 28.6 Å². The Morgan fingerprint density at radius 2 is 1.97 bits per heavy atom. The van der Waals surface area contributed by atoms with Crippen molar-refractivity contribution >= 4 is 10.9 Å². The van der Waals surface area contributed by atoms with Gasteiger partial charge in [0, 0.05) is 42.4 Å². The van der Waals surface area contributed by atoms with Gasteiger partial charge in [-0.05, 0) is 25.3 Å². The van der Waals surface area contributed by atoms with Gasteiger partial charge in [0.25, 0.3) is 11.5 Å². The van der Waals surface area contributed by atoms with Crippen LogP contribution in [0.3, 0.4) is 0 Å². The monoisotopic (exact) mass is 437 g/mol. The fraction of sp³-hybridized carbons (Fsp3) is 0.524. The molecule has 2 aliphatic carbocycles. The Balaban J connectivity index is 1.74. The van der Waals surface area contributed by atoms with Gasteiger partial charge in [0.2, 0.25) is 0 Å². The van der Waals surface area contributed by atoms with E-state index in [1.54, 1.807) is 13.0 Å². The molecule has 0 spiro atoms. The number of hydrogen-bond donors (Lipinski definition) is 4. The average molecular weight is 437 g/mol. The zero-order valence-electron chi connectivity index (χ0n) is 16.7. The highest BCUT2D eigenvalue weighted by Gasteiger charge is 2.51. The van der Waals surface area contributed by atoms with E-state index in [4.69, 9.17) is 0 Å². The SMILES string of the molecule is Cc1c(C2NCC3C2C=CCC(F)(F)C3O)c(F)c(O)c2c(=O)[nH]c(=O)n(C3CC3)c12. The number of aromatic amines is 1. The second-order valence-corrected chi connectivity index (χ2v) is 8.75. The summed E-state index contributed by atoms with van der Waals surface area (Å²) in [5.74, 6) is -6.73. The van der Waals surface area contributed by atoms with Gasteiger partial charge >= 0.3 is 5.69 Å². The lowest BCUT2D eigenvalue weighted by Crippen LogP contribution is -2.40. The molecular weight excluding hydrogens is 415 g/mol. The van der Waals surface area contributed by atoms with Crippen LogP contribution in [0.15, 0.2) is 21.7 Å². The molecule has 31 heavy (non-hydrogen) atoms. The summed E-state index contributed by atoms with van der Waals surface area (Å²) in [7, 11) is 0. The number of aliphatic hydroxyl groups is 1. The summed E-state index contributed by atoms with van der Waals surface area (Å²) in [5, 5.41) is 23.5. The molecule has 2 fully saturated rings. The summed E-state index contributed by atoms with van der Waals surface area (Å²) in [6.07, 6.45) is 1.73. The lowest BCUT2D eigenvalue weighted by molar-refractivity contribution is -0.127. The number of fused-ring (bicyclic) bond motifs is 2. The van der Waals surface area contributed by atoms with Gasteiger partial charge in [-0.1, -0.05) is 12.2 Å². The van der Waals surface area contributed by atoms with Crippen molar-refractivity contribution in [3.05, 3.63) is 49.9 Å². The summed E-state index contributed by atoms with van der Waals surface area (Å²) < 4.78 is 45.1. The topological polar surface area (TPSA) is 107 Å². The van der Waals surface area contributed by atoms with Crippen molar-refractivity contribution in [2.75, 3.05) is 6.54 Å². The first-order valence-electron chi connectivity index (χ1n) is 10.3. The molecule has 0 bridgehead atoms. The molecule has 1 aromatic carbocycles. The Hall–Kier alpha value is -2.59. The van der Waals surface area contributed by atoms with E-state index in [1.165, 1.54) is 10.6 Å². The zero-order valence-corrected chi connectivity index (χ0v) is 16.7. The molecule has 10 heteroatoms. The quantitative estimate of drug-likeness (QED) is 0.538. The molecule has 5 rings (SSSR count). The molecule has 4 N–H and O–H groups in total. The summed E-state index contributed by atoms with van der Waals surface area (Å²) in [5.41, 5.74) is -1.07. The lowest BCUT2D eigenvalue weighted by atomic mass is 9.81. The Morgan fingerprint density at radius 3 is 2.65 bits per heavy atom. The van der Waals surface area contributed by atoms with Crippen molar-refractivity contribution in [3.8, 4) is 5.75 Å². The molecule has 1 saturated carbocycles. The van der Waals surface area contributed by atoms with Crippen LogP contribution in [-0.2, 0) is 0 Å². The Kier molecular flexibility index (Phi) is 4.39. The molecule has 4 unspecified atom stereocenters. The van der Waals surface area contributed by atoms with Gasteiger partial charge < -0.3 is 15.5 Å². The molecule has 0 amide bonds. The Bertz CT molecular complexity index is 1230. The summed E-state index contributed by atoms with van der Waals surface area (Å²) in [6, 6.07) is -0.979. The maximum atomic E-state index is 15.4. The number of phenols is 1. The molecule has 3 aliphatic rings. The number of aryl methyl sites for hydroxylation is 1. The number of halogens is 3. The smallest absolute Gasteiger partial charge is 0.329 e. The van der Waals surface area contributed by atoms with Crippen LogP contribution in [0.1, 0.15) is 42.5 Å². The van der Waals surface area contributed by atoms with Gasteiger partial charge in [-0.2, -0.15) is 0 Å². The van der Waals surface area contributed by atoms with Crippen molar-refractivity contribution in [2.45, 2.75) is 50.3 Å².